The fraction of sp³-hybridized carbons (Fsp3) is 0.308. The Balaban J connectivity index is 1.41. The zero-order valence-electron chi connectivity index (χ0n) is 20.0. The van der Waals surface area contributed by atoms with Crippen LogP contribution < -0.4 is 15.5 Å². The quantitative estimate of drug-likeness (QED) is 0.378. The number of aromatic nitrogens is 5. The van der Waals surface area contributed by atoms with Gasteiger partial charge in [-0.25, -0.2) is 9.97 Å². The second kappa shape index (κ2) is 9.81. The minimum absolute atomic E-state index is 0.357. The van der Waals surface area contributed by atoms with Gasteiger partial charge in [0.2, 0.25) is 5.95 Å². The Hall–Kier alpha value is -3.82. The van der Waals surface area contributed by atoms with Gasteiger partial charge in [0, 0.05) is 73.5 Å². The second-order valence-electron chi connectivity index (χ2n) is 9.32. The summed E-state index contributed by atoms with van der Waals surface area (Å²) in [7, 11) is 0. The summed E-state index contributed by atoms with van der Waals surface area (Å²) in [6, 6.07) is 14.1. The van der Waals surface area contributed by atoms with Crippen molar-refractivity contribution >= 4 is 17.3 Å². The lowest BCUT2D eigenvalue weighted by molar-refractivity contribution is 0.0578. The highest BCUT2D eigenvalue weighted by Gasteiger charge is 2.20. The number of hydrogen-bond acceptors (Lipinski definition) is 8. The van der Waals surface area contributed by atoms with E-state index < -0.39 is 5.60 Å². The molecule has 0 unspecified atom stereocenters. The van der Waals surface area contributed by atoms with Gasteiger partial charge < -0.3 is 20.6 Å². The van der Waals surface area contributed by atoms with E-state index in [4.69, 9.17) is 10.1 Å². The largest absolute Gasteiger partial charge is 0.389 e. The highest BCUT2D eigenvalue weighted by molar-refractivity contribution is 5.78. The third-order valence-corrected chi connectivity index (χ3v) is 5.78. The van der Waals surface area contributed by atoms with Crippen molar-refractivity contribution in [2.75, 3.05) is 36.4 Å². The molecule has 1 aliphatic rings. The lowest BCUT2D eigenvalue weighted by Gasteiger charge is -2.29. The summed E-state index contributed by atoms with van der Waals surface area (Å²) in [6.07, 6.45) is 7.16. The van der Waals surface area contributed by atoms with E-state index in [9.17, 15) is 5.11 Å². The molecule has 0 amide bonds. The maximum absolute atomic E-state index is 10.3. The molecule has 0 spiro atoms. The van der Waals surface area contributed by atoms with Crippen molar-refractivity contribution in [3.8, 4) is 22.5 Å². The van der Waals surface area contributed by atoms with E-state index in [0.717, 1.165) is 54.4 Å². The molecule has 5 rings (SSSR count). The first-order chi connectivity index (χ1) is 16.9. The molecule has 1 fully saturated rings. The number of rotatable bonds is 7. The van der Waals surface area contributed by atoms with Gasteiger partial charge >= 0.3 is 0 Å². The molecule has 0 bridgehead atoms. The number of aliphatic hydroxyl groups is 1. The Labute approximate surface area is 204 Å². The predicted octanol–water partition coefficient (Wildman–Crippen LogP) is 3.33. The number of pyridine rings is 1. The number of hydrogen-bond donors (Lipinski definition) is 3. The van der Waals surface area contributed by atoms with Crippen molar-refractivity contribution in [1.29, 1.82) is 0 Å². The topological polar surface area (TPSA) is 104 Å². The maximum Gasteiger partial charge on any atom is 0.227 e. The molecular formula is C26H30N8O. The number of anilines is 3. The van der Waals surface area contributed by atoms with E-state index in [-0.39, 0.29) is 0 Å². The summed E-state index contributed by atoms with van der Waals surface area (Å²) in [5.74, 6) is 0.504. The zero-order valence-corrected chi connectivity index (χ0v) is 20.0. The van der Waals surface area contributed by atoms with Gasteiger partial charge in [-0.1, -0.05) is 0 Å². The number of piperazine rings is 1. The summed E-state index contributed by atoms with van der Waals surface area (Å²) in [4.78, 5) is 15.8. The average Bonchev–Trinajstić information content (AvgIpc) is 3.28. The molecular weight excluding hydrogens is 440 g/mol. The third kappa shape index (κ3) is 5.64. The van der Waals surface area contributed by atoms with Crippen LogP contribution in [0.1, 0.15) is 13.8 Å². The van der Waals surface area contributed by atoms with Gasteiger partial charge in [0.05, 0.1) is 17.8 Å². The highest BCUT2D eigenvalue weighted by Crippen LogP contribution is 2.31. The number of nitrogens with zero attached hydrogens (tertiary/aromatic N) is 6. The molecule has 3 aromatic heterocycles. The predicted molar refractivity (Wildman–Crippen MR) is 138 cm³/mol. The Kier molecular flexibility index (Phi) is 6.43. The fourth-order valence-electron chi connectivity index (χ4n) is 4.18. The van der Waals surface area contributed by atoms with Crippen molar-refractivity contribution in [3.63, 3.8) is 0 Å². The molecule has 1 saturated heterocycles. The maximum atomic E-state index is 10.3. The molecule has 9 heteroatoms. The van der Waals surface area contributed by atoms with E-state index in [2.05, 4.69) is 49.8 Å². The van der Waals surface area contributed by atoms with Gasteiger partial charge in [0.1, 0.15) is 5.69 Å². The minimum atomic E-state index is -0.898. The van der Waals surface area contributed by atoms with Crippen LogP contribution in [0, 0.1) is 0 Å². The summed E-state index contributed by atoms with van der Waals surface area (Å²) in [5.41, 5.74) is 4.46. The molecule has 4 aromatic rings. The molecule has 0 aliphatic carbocycles. The Morgan fingerprint density at radius 2 is 1.86 bits per heavy atom. The van der Waals surface area contributed by atoms with Crippen molar-refractivity contribution < 1.29 is 5.11 Å². The van der Waals surface area contributed by atoms with Gasteiger partial charge in [0.15, 0.2) is 0 Å². The van der Waals surface area contributed by atoms with Crippen molar-refractivity contribution in [1.82, 2.24) is 30.0 Å². The standard InChI is InChI=1S/C26H30N8O/c1-26(2,35)18-34-17-22(24(32-34)19-4-3-10-28-16-19)23-9-11-29-25(31-23)30-20-5-7-21(8-6-20)33-14-12-27-13-15-33/h3-11,16-17,27,35H,12-15,18H2,1-2H3,(H,29,30,31). The third-order valence-electron chi connectivity index (χ3n) is 5.78. The van der Waals surface area contributed by atoms with Crippen molar-refractivity contribution in [3.05, 3.63) is 67.3 Å². The van der Waals surface area contributed by atoms with Gasteiger partial charge in [-0.15, -0.1) is 0 Å². The summed E-state index contributed by atoms with van der Waals surface area (Å²) >= 11 is 0. The van der Waals surface area contributed by atoms with E-state index >= 15 is 0 Å². The smallest absolute Gasteiger partial charge is 0.227 e. The summed E-state index contributed by atoms with van der Waals surface area (Å²) < 4.78 is 1.75. The zero-order chi connectivity index (χ0) is 24.3. The minimum Gasteiger partial charge on any atom is -0.389 e. The van der Waals surface area contributed by atoms with E-state index in [1.165, 1.54) is 5.69 Å². The molecule has 0 atom stereocenters. The molecule has 0 radical (unpaired) electrons. The van der Waals surface area contributed by atoms with Crippen molar-refractivity contribution in [2.45, 2.75) is 26.0 Å². The number of nitrogens with one attached hydrogen (secondary N) is 2. The molecule has 3 N–H and O–H groups in total. The molecule has 35 heavy (non-hydrogen) atoms. The fourth-order valence-corrected chi connectivity index (χ4v) is 4.18. The molecule has 1 aliphatic heterocycles. The Morgan fingerprint density at radius 1 is 1.06 bits per heavy atom. The summed E-state index contributed by atoms with van der Waals surface area (Å²) in [6.45, 7) is 7.92. The lowest BCUT2D eigenvalue weighted by Crippen LogP contribution is -2.43. The van der Waals surface area contributed by atoms with Crippen LogP contribution in [0.3, 0.4) is 0 Å². The monoisotopic (exact) mass is 470 g/mol. The lowest BCUT2D eigenvalue weighted by atomic mass is 10.1. The van der Waals surface area contributed by atoms with Crippen LogP contribution in [0.4, 0.5) is 17.3 Å². The molecule has 9 nitrogen and oxygen atoms in total. The second-order valence-corrected chi connectivity index (χ2v) is 9.32. The summed E-state index contributed by atoms with van der Waals surface area (Å²) in [5, 5.41) is 21.7. The van der Waals surface area contributed by atoms with E-state index in [1.54, 1.807) is 37.1 Å². The number of benzene rings is 1. The normalized spacial score (nSPS) is 14.2. The molecule has 0 saturated carbocycles. The van der Waals surface area contributed by atoms with Crippen molar-refractivity contribution in [2.24, 2.45) is 0 Å². The SMILES string of the molecule is CC(C)(O)Cn1cc(-c2ccnc(Nc3ccc(N4CCNCC4)cc3)n2)c(-c2cccnc2)n1. The first-order valence-corrected chi connectivity index (χ1v) is 11.8. The van der Waals surface area contributed by atoms with E-state index in [0.29, 0.717) is 12.5 Å². The Morgan fingerprint density at radius 3 is 2.57 bits per heavy atom. The van der Waals surface area contributed by atoms with Crippen LogP contribution in [-0.4, -0.2) is 61.6 Å². The Bertz CT molecular complexity index is 1260. The van der Waals surface area contributed by atoms with Crippen LogP contribution in [0.2, 0.25) is 0 Å². The van der Waals surface area contributed by atoms with Crippen LogP contribution >= 0.6 is 0 Å². The molecule has 1 aromatic carbocycles. The van der Waals surface area contributed by atoms with Gasteiger partial charge in [-0.2, -0.15) is 5.10 Å². The van der Waals surface area contributed by atoms with Gasteiger partial charge in [0.25, 0.3) is 0 Å². The van der Waals surface area contributed by atoms with Crippen LogP contribution in [0.15, 0.2) is 67.3 Å². The van der Waals surface area contributed by atoms with Crippen LogP contribution in [0.5, 0.6) is 0 Å². The van der Waals surface area contributed by atoms with Gasteiger partial charge in [-0.3, -0.25) is 9.67 Å². The first kappa shape index (κ1) is 22.9. The van der Waals surface area contributed by atoms with Gasteiger partial charge in [-0.05, 0) is 56.3 Å². The highest BCUT2D eigenvalue weighted by atomic mass is 16.3. The average molecular weight is 471 g/mol. The molecule has 180 valence electrons. The van der Waals surface area contributed by atoms with Crippen LogP contribution in [-0.2, 0) is 6.54 Å². The first-order valence-electron chi connectivity index (χ1n) is 11.8. The van der Waals surface area contributed by atoms with Crippen LogP contribution in [0.25, 0.3) is 22.5 Å². The molecule has 4 heterocycles. The van der Waals surface area contributed by atoms with E-state index in [1.807, 2.05) is 24.4 Å².